The first-order valence-electron chi connectivity index (χ1n) is 5.53. The predicted molar refractivity (Wildman–Crippen MR) is 66.4 cm³/mol. The molecule has 0 radical (unpaired) electrons. The summed E-state index contributed by atoms with van der Waals surface area (Å²) in [6.45, 7) is 4.52. The number of nitrogens with one attached hydrogen (secondary N) is 1. The molecule has 15 heavy (non-hydrogen) atoms. The lowest BCUT2D eigenvalue weighted by molar-refractivity contribution is 0.430. The van der Waals surface area contributed by atoms with Gasteiger partial charge in [-0.1, -0.05) is 22.0 Å². The van der Waals surface area contributed by atoms with Gasteiger partial charge < -0.3 is 10.2 Å². The van der Waals surface area contributed by atoms with Gasteiger partial charge in [-0.2, -0.15) is 0 Å². The van der Waals surface area contributed by atoms with E-state index in [0.29, 0.717) is 12.1 Å². The molecule has 2 atom stereocenters. The molecular formula is C12H15BrN2. The molecule has 0 aliphatic carbocycles. The molecule has 2 heterocycles. The molecule has 2 aliphatic rings. The standard InChI is InChI=1S/C12H15BrN2/c1-8-6-14-7-11-4-9-2-3-10(13)5-12(9)15(8)11/h2-3,5,8,11,14H,4,6-7H2,1H3. The van der Waals surface area contributed by atoms with Crippen LogP contribution in [0.4, 0.5) is 5.69 Å². The summed E-state index contributed by atoms with van der Waals surface area (Å²) < 4.78 is 1.19. The van der Waals surface area contributed by atoms with Crippen molar-refractivity contribution in [2.45, 2.75) is 25.4 Å². The van der Waals surface area contributed by atoms with Crippen LogP contribution < -0.4 is 10.2 Å². The van der Waals surface area contributed by atoms with Gasteiger partial charge in [-0.25, -0.2) is 0 Å². The topological polar surface area (TPSA) is 15.3 Å². The second kappa shape index (κ2) is 3.49. The van der Waals surface area contributed by atoms with Crippen molar-refractivity contribution in [1.29, 1.82) is 0 Å². The second-order valence-electron chi connectivity index (χ2n) is 4.55. The normalized spacial score (nSPS) is 28.8. The average Bonchev–Trinajstić information content (AvgIpc) is 2.57. The van der Waals surface area contributed by atoms with E-state index in [4.69, 9.17) is 0 Å². The molecule has 0 spiro atoms. The van der Waals surface area contributed by atoms with Gasteiger partial charge in [0.25, 0.3) is 0 Å². The minimum atomic E-state index is 0.610. The lowest BCUT2D eigenvalue weighted by Crippen LogP contribution is -2.54. The first-order chi connectivity index (χ1) is 7.25. The molecular weight excluding hydrogens is 252 g/mol. The fourth-order valence-corrected chi connectivity index (χ4v) is 3.17. The van der Waals surface area contributed by atoms with E-state index in [-0.39, 0.29) is 0 Å². The minimum Gasteiger partial charge on any atom is -0.363 e. The monoisotopic (exact) mass is 266 g/mol. The fourth-order valence-electron chi connectivity index (χ4n) is 2.82. The quantitative estimate of drug-likeness (QED) is 0.775. The summed E-state index contributed by atoms with van der Waals surface area (Å²) >= 11 is 3.56. The third-order valence-electron chi connectivity index (χ3n) is 3.47. The highest BCUT2D eigenvalue weighted by atomic mass is 79.9. The van der Waals surface area contributed by atoms with Gasteiger partial charge in [0, 0.05) is 35.3 Å². The van der Waals surface area contributed by atoms with Crippen LogP contribution >= 0.6 is 15.9 Å². The Morgan fingerprint density at radius 1 is 1.40 bits per heavy atom. The SMILES string of the molecule is CC1CNCC2Cc3ccc(Br)cc3N12. The summed E-state index contributed by atoms with van der Waals surface area (Å²) in [6.07, 6.45) is 1.19. The van der Waals surface area contributed by atoms with Crippen molar-refractivity contribution >= 4 is 21.6 Å². The van der Waals surface area contributed by atoms with Crippen LogP contribution in [0.15, 0.2) is 22.7 Å². The number of benzene rings is 1. The highest BCUT2D eigenvalue weighted by Gasteiger charge is 2.34. The molecule has 2 aliphatic heterocycles. The van der Waals surface area contributed by atoms with Crippen LogP contribution in [-0.2, 0) is 6.42 Å². The van der Waals surface area contributed by atoms with Gasteiger partial charge in [0.1, 0.15) is 0 Å². The Bertz CT molecular complexity index is 391. The lowest BCUT2D eigenvalue weighted by Gasteiger charge is -2.38. The lowest BCUT2D eigenvalue weighted by atomic mass is 10.1. The fraction of sp³-hybridized carbons (Fsp3) is 0.500. The zero-order valence-corrected chi connectivity index (χ0v) is 10.4. The van der Waals surface area contributed by atoms with Crippen molar-refractivity contribution in [1.82, 2.24) is 5.32 Å². The highest BCUT2D eigenvalue weighted by Crippen LogP contribution is 2.36. The van der Waals surface area contributed by atoms with E-state index in [1.807, 2.05) is 0 Å². The molecule has 0 aromatic heterocycles. The predicted octanol–water partition coefficient (Wildman–Crippen LogP) is 2.17. The number of fused-ring (bicyclic) bond motifs is 3. The first kappa shape index (κ1) is 9.67. The summed E-state index contributed by atoms with van der Waals surface area (Å²) in [4.78, 5) is 2.58. The Morgan fingerprint density at radius 2 is 2.27 bits per heavy atom. The van der Waals surface area contributed by atoms with Gasteiger partial charge >= 0.3 is 0 Å². The van der Waals surface area contributed by atoms with E-state index in [0.717, 1.165) is 13.1 Å². The maximum Gasteiger partial charge on any atom is 0.0459 e. The molecule has 3 rings (SSSR count). The maximum absolute atomic E-state index is 3.56. The molecule has 2 unspecified atom stereocenters. The van der Waals surface area contributed by atoms with Crippen molar-refractivity contribution in [2.24, 2.45) is 0 Å². The second-order valence-corrected chi connectivity index (χ2v) is 5.46. The Kier molecular flexibility index (Phi) is 2.25. The molecule has 1 saturated heterocycles. The molecule has 0 bridgehead atoms. The van der Waals surface area contributed by atoms with E-state index in [2.05, 4.69) is 51.3 Å². The molecule has 0 amide bonds. The van der Waals surface area contributed by atoms with Crippen molar-refractivity contribution in [3.8, 4) is 0 Å². The van der Waals surface area contributed by atoms with Crippen LogP contribution in [0.5, 0.6) is 0 Å². The molecule has 1 aromatic carbocycles. The minimum absolute atomic E-state index is 0.610. The highest BCUT2D eigenvalue weighted by molar-refractivity contribution is 9.10. The van der Waals surface area contributed by atoms with Gasteiger partial charge in [-0.05, 0) is 31.0 Å². The number of anilines is 1. The molecule has 1 aromatic rings. The van der Waals surface area contributed by atoms with Crippen LogP contribution in [0.1, 0.15) is 12.5 Å². The Hall–Kier alpha value is -0.540. The maximum atomic E-state index is 3.56. The number of hydrogen-bond acceptors (Lipinski definition) is 2. The number of piperazine rings is 1. The smallest absolute Gasteiger partial charge is 0.0459 e. The summed E-state index contributed by atoms with van der Waals surface area (Å²) in [5, 5.41) is 3.50. The Labute approximate surface area is 98.8 Å². The zero-order chi connectivity index (χ0) is 10.4. The van der Waals surface area contributed by atoms with Gasteiger partial charge in [0.15, 0.2) is 0 Å². The van der Waals surface area contributed by atoms with Crippen LogP contribution in [0.2, 0.25) is 0 Å². The van der Waals surface area contributed by atoms with Crippen LogP contribution in [0.3, 0.4) is 0 Å². The van der Waals surface area contributed by atoms with Gasteiger partial charge in [-0.3, -0.25) is 0 Å². The molecule has 1 fully saturated rings. The summed E-state index contributed by atoms with van der Waals surface area (Å²) in [5.41, 5.74) is 2.93. The van der Waals surface area contributed by atoms with Crippen molar-refractivity contribution < 1.29 is 0 Å². The number of nitrogens with zero attached hydrogens (tertiary/aromatic N) is 1. The van der Waals surface area contributed by atoms with E-state index < -0.39 is 0 Å². The van der Waals surface area contributed by atoms with Gasteiger partial charge in [-0.15, -0.1) is 0 Å². The van der Waals surface area contributed by atoms with Gasteiger partial charge in [0.05, 0.1) is 0 Å². The molecule has 2 nitrogen and oxygen atoms in total. The molecule has 3 heteroatoms. The summed E-state index contributed by atoms with van der Waals surface area (Å²) in [5.74, 6) is 0. The average molecular weight is 267 g/mol. The molecule has 80 valence electrons. The van der Waals surface area contributed by atoms with Crippen LogP contribution in [-0.4, -0.2) is 25.2 Å². The molecule has 1 N–H and O–H groups in total. The Balaban J connectivity index is 2.04. The van der Waals surface area contributed by atoms with Crippen LogP contribution in [0.25, 0.3) is 0 Å². The third kappa shape index (κ3) is 1.49. The van der Waals surface area contributed by atoms with Crippen LogP contribution in [0, 0.1) is 0 Å². The van der Waals surface area contributed by atoms with Crippen molar-refractivity contribution in [3.63, 3.8) is 0 Å². The zero-order valence-electron chi connectivity index (χ0n) is 8.83. The van der Waals surface area contributed by atoms with E-state index in [1.54, 1.807) is 0 Å². The van der Waals surface area contributed by atoms with E-state index >= 15 is 0 Å². The summed E-state index contributed by atoms with van der Waals surface area (Å²) in [6, 6.07) is 7.94. The Morgan fingerprint density at radius 3 is 3.13 bits per heavy atom. The first-order valence-corrected chi connectivity index (χ1v) is 6.32. The van der Waals surface area contributed by atoms with Gasteiger partial charge in [0.2, 0.25) is 0 Å². The van der Waals surface area contributed by atoms with Crippen molar-refractivity contribution in [2.75, 3.05) is 18.0 Å². The number of halogens is 1. The van der Waals surface area contributed by atoms with Crippen molar-refractivity contribution in [3.05, 3.63) is 28.2 Å². The van der Waals surface area contributed by atoms with E-state index in [1.165, 1.54) is 22.1 Å². The third-order valence-corrected chi connectivity index (χ3v) is 3.96. The van der Waals surface area contributed by atoms with E-state index in [9.17, 15) is 0 Å². The number of hydrogen-bond donors (Lipinski definition) is 1. The summed E-state index contributed by atoms with van der Waals surface area (Å²) in [7, 11) is 0. The molecule has 0 saturated carbocycles. The largest absolute Gasteiger partial charge is 0.363 e. The number of rotatable bonds is 0.